The second-order valence-electron chi connectivity index (χ2n) is 7.14. The summed E-state index contributed by atoms with van der Waals surface area (Å²) in [5.41, 5.74) is 8.81. The van der Waals surface area contributed by atoms with Crippen molar-refractivity contribution in [1.29, 1.82) is 0 Å². The minimum absolute atomic E-state index is 0.259. The van der Waals surface area contributed by atoms with Crippen LogP contribution in [0.2, 0.25) is 0 Å². The molecule has 144 valence electrons. The summed E-state index contributed by atoms with van der Waals surface area (Å²) in [5, 5.41) is 0. The van der Waals surface area contributed by atoms with Crippen molar-refractivity contribution in [3.8, 4) is 11.3 Å². The number of anilines is 3. The van der Waals surface area contributed by atoms with E-state index < -0.39 is 0 Å². The van der Waals surface area contributed by atoms with Gasteiger partial charge in [-0.05, 0) is 6.07 Å². The average Bonchev–Trinajstić information content (AvgIpc) is 3.12. The first-order chi connectivity index (χ1) is 13.7. The molecule has 2 N–H and O–H groups in total. The van der Waals surface area contributed by atoms with Crippen molar-refractivity contribution in [2.45, 2.75) is 12.5 Å². The minimum Gasteiger partial charge on any atom is -0.385 e. The van der Waals surface area contributed by atoms with Gasteiger partial charge in [0.05, 0.1) is 44.7 Å². The van der Waals surface area contributed by atoms with E-state index in [2.05, 4.69) is 19.6 Å². The molecule has 3 aliphatic heterocycles. The third-order valence-corrected chi connectivity index (χ3v) is 5.49. The highest BCUT2D eigenvalue weighted by molar-refractivity contribution is 5.83. The number of hydrogen-bond acceptors (Lipinski definition) is 8. The predicted molar refractivity (Wildman–Crippen MR) is 105 cm³/mol. The van der Waals surface area contributed by atoms with Crippen LogP contribution in [-0.2, 0) is 15.9 Å². The molecule has 28 heavy (non-hydrogen) atoms. The molecule has 2 aromatic rings. The SMILES string of the molecule is [C-]#[N+]c1cc(N)ncc1-c1nc(N2CCOCC2)nc2c1C[C@H]1COCCN21. The number of nitrogens with zero attached hydrogens (tertiary/aromatic N) is 6. The van der Waals surface area contributed by atoms with E-state index in [9.17, 15) is 0 Å². The minimum atomic E-state index is 0.259. The molecule has 2 aromatic heterocycles. The molecule has 0 unspecified atom stereocenters. The van der Waals surface area contributed by atoms with Gasteiger partial charge in [0, 0.05) is 43.4 Å². The van der Waals surface area contributed by atoms with Gasteiger partial charge in [-0.2, -0.15) is 4.98 Å². The molecule has 5 heterocycles. The number of fused-ring (bicyclic) bond motifs is 3. The quantitative estimate of drug-likeness (QED) is 0.780. The summed E-state index contributed by atoms with van der Waals surface area (Å²) in [6.45, 7) is 12.6. The second kappa shape index (κ2) is 6.89. The normalized spacial score (nSPS) is 21.2. The van der Waals surface area contributed by atoms with Crippen molar-refractivity contribution in [3.05, 3.63) is 29.2 Å². The van der Waals surface area contributed by atoms with Gasteiger partial charge in [0.15, 0.2) is 0 Å². The van der Waals surface area contributed by atoms with E-state index >= 15 is 0 Å². The largest absolute Gasteiger partial charge is 0.385 e. The Labute approximate surface area is 162 Å². The van der Waals surface area contributed by atoms with Gasteiger partial charge in [0.25, 0.3) is 0 Å². The van der Waals surface area contributed by atoms with Crippen LogP contribution < -0.4 is 15.5 Å². The molecule has 3 aliphatic rings. The first kappa shape index (κ1) is 17.2. The lowest BCUT2D eigenvalue weighted by Crippen LogP contribution is -2.43. The highest BCUT2D eigenvalue weighted by atomic mass is 16.5. The zero-order valence-electron chi connectivity index (χ0n) is 15.5. The zero-order valence-corrected chi connectivity index (χ0v) is 15.5. The van der Waals surface area contributed by atoms with Crippen molar-refractivity contribution in [3.63, 3.8) is 0 Å². The topological polar surface area (TPSA) is 94.0 Å². The Balaban J connectivity index is 1.68. The van der Waals surface area contributed by atoms with E-state index in [-0.39, 0.29) is 6.04 Å². The highest BCUT2D eigenvalue weighted by Gasteiger charge is 2.37. The Morgan fingerprint density at radius 3 is 2.79 bits per heavy atom. The van der Waals surface area contributed by atoms with Crippen molar-refractivity contribution in [2.24, 2.45) is 0 Å². The van der Waals surface area contributed by atoms with Crippen LogP contribution in [0.25, 0.3) is 16.1 Å². The third kappa shape index (κ3) is 2.82. The van der Waals surface area contributed by atoms with Gasteiger partial charge in [0.2, 0.25) is 11.6 Å². The maximum absolute atomic E-state index is 7.58. The Kier molecular flexibility index (Phi) is 4.22. The first-order valence-corrected chi connectivity index (χ1v) is 9.46. The molecule has 0 bridgehead atoms. The molecular weight excluding hydrogens is 358 g/mol. The molecule has 0 aromatic carbocycles. The summed E-state index contributed by atoms with van der Waals surface area (Å²) in [5.74, 6) is 1.96. The van der Waals surface area contributed by atoms with Gasteiger partial charge in [-0.15, -0.1) is 0 Å². The summed E-state index contributed by atoms with van der Waals surface area (Å²) in [4.78, 5) is 22.2. The lowest BCUT2D eigenvalue weighted by atomic mass is 10.0. The van der Waals surface area contributed by atoms with Crippen molar-refractivity contribution in [1.82, 2.24) is 15.0 Å². The summed E-state index contributed by atoms with van der Waals surface area (Å²) in [6.07, 6.45) is 2.46. The Hall–Kier alpha value is -2.96. The average molecular weight is 379 g/mol. The number of nitrogens with two attached hydrogens (primary N) is 1. The Bertz CT molecular complexity index is 952. The van der Waals surface area contributed by atoms with Gasteiger partial charge in [-0.3, -0.25) is 0 Å². The number of aromatic nitrogens is 3. The molecule has 0 amide bonds. The summed E-state index contributed by atoms with van der Waals surface area (Å²) < 4.78 is 11.1. The monoisotopic (exact) mass is 379 g/mol. The maximum Gasteiger partial charge on any atom is 0.228 e. The fourth-order valence-electron chi connectivity index (χ4n) is 4.09. The number of pyridine rings is 1. The second-order valence-corrected chi connectivity index (χ2v) is 7.14. The number of morpholine rings is 2. The molecule has 2 fully saturated rings. The lowest BCUT2D eigenvalue weighted by molar-refractivity contribution is 0.0974. The van der Waals surface area contributed by atoms with E-state index in [1.165, 1.54) is 0 Å². The molecule has 0 saturated carbocycles. The molecule has 9 heteroatoms. The number of nitrogen functional groups attached to an aromatic ring is 1. The lowest BCUT2D eigenvalue weighted by Gasteiger charge is -2.32. The van der Waals surface area contributed by atoms with Gasteiger partial charge in [-0.25, -0.2) is 14.8 Å². The third-order valence-electron chi connectivity index (χ3n) is 5.49. The highest BCUT2D eigenvalue weighted by Crippen LogP contribution is 2.41. The molecule has 9 nitrogen and oxygen atoms in total. The fraction of sp³-hybridized carbons (Fsp3) is 0.474. The molecule has 0 radical (unpaired) electrons. The zero-order chi connectivity index (χ0) is 19.1. The molecule has 1 atom stereocenters. The number of ether oxygens (including phenoxy) is 2. The smallest absolute Gasteiger partial charge is 0.228 e. The van der Waals surface area contributed by atoms with Crippen LogP contribution >= 0.6 is 0 Å². The van der Waals surface area contributed by atoms with Crippen LogP contribution in [0.5, 0.6) is 0 Å². The van der Waals surface area contributed by atoms with Gasteiger partial charge < -0.3 is 25.0 Å². The molecule has 0 aliphatic carbocycles. The van der Waals surface area contributed by atoms with E-state index in [1.54, 1.807) is 12.3 Å². The van der Waals surface area contributed by atoms with Crippen LogP contribution in [0.4, 0.5) is 23.3 Å². The molecule has 0 spiro atoms. The van der Waals surface area contributed by atoms with Crippen LogP contribution in [0, 0.1) is 6.57 Å². The van der Waals surface area contributed by atoms with Crippen molar-refractivity contribution in [2.75, 3.05) is 61.6 Å². The van der Waals surface area contributed by atoms with Gasteiger partial charge in [-0.1, -0.05) is 0 Å². The number of hydrogen-bond donors (Lipinski definition) is 1. The van der Waals surface area contributed by atoms with Crippen molar-refractivity contribution >= 4 is 23.3 Å². The van der Waals surface area contributed by atoms with E-state index in [1.807, 2.05) is 0 Å². The van der Waals surface area contributed by atoms with E-state index in [0.717, 1.165) is 43.1 Å². The molecule has 5 rings (SSSR count). The Morgan fingerprint density at radius 1 is 1.14 bits per heavy atom. The van der Waals surface area contributed by atoms with Gasteiger partial charge in [0.1, 0.15) is 11.6 Å². The van der Waals surface area contributed by atoms with E-state index in [0.29, 0.717) is 49.4 Å². The molecular formula is C19H21N7O2. The summed E-state index contributed by atoms with van der Waals surface area (Å²) in [6, 6.07) is 1.87. The number of rotatable bonds is 2. The summed E-state index contributed by atoms with van der Waals surface area (Å²) >= 11 is 0. The maximum atomic E-state index is 7.58. The van der Waals surface area contributed by atoms with Crippen LogP contribution in [0.15, 0.2) is 12.3 Å². The van der Waals surface area contributed by atoms with Gasteiger partial charge >= 0.3 is 0 Å². The van der Waals surface area contributed by atoms with E-state index in [4.69, 9.17) is 31.7 Å². The Morgan fingerprint density at radius 2 is 1.96 bits per heavy atom. The fourth-order valence-corrected chi connectivity index (χ4v) is 4.09. The van der Waals surface area contributed by atoms with Crippen LogP contribution in [-0.4, -0.2) is 67.1 Å². The standard InChI is InChI=1S/C19H21N7O2/c1-21-15-9-16(20)22-10-14(15)17-13-8-12-11-28-7-4-26(12)18(13)24-19(23-17)25-2-5-27-6-3-25/h9-10,12H,2-8,11H2,(H2,20,22)/t12-/m0/s1. The molecule has 2 saturated heterocycles. The predicted octanol–water partition coefficient (Wildman–Crippen LogP) is 1.27. The first-order valence-electron chi connectivity index (χ1n) is 9.46. The van der Waals surface area contributed by atoms with Crippen molar-refractivity contribution < 1.29 is 9.47 Å². The summed E-state index contributed by atoms with van der Waals surface area (Å²) in [7, 11) is 0. The van der Waals surface area contributed by atoms with Crippen LogP contribution in [0.3, 0.4) is 0 Å². The van der Waals surface area contributed by atoms with Crippen LogP contribution in [0.1, 0.15) is 5.56 Å².